The molecule has 1 aromatic rings. The lowest BCUT2D eigenvalue weighted by molar-refractivity contribution is 0.332. The van der Waals surface area contributed by atoms with Crippen molar-refractivity contribution in [1.29, 1.82) is 0 Å². The molecule has 112 valence electrons. The minimum Gasteiger partial charge on any atom is -0.382 e. The molecule has 0 amide bonds. The van der Waals surface area contributed by atoms with Crippen molar-refractivity contribution in [3.8, 4) is 0 Å². The first kappa shape index (κ1) is 15.3. The highest BCUT2D eigenvalue weighted by atomic mass is 32.2. The molecule has 0 aliphatic heterocycles. The first-order valence-corrected chi connectivity index (χ1v) is 9.01. The highest BCUT2D eigenvalue weighted by molar-refractivity contribution is 7.91. The molecule has 0 spiro atoms. The number of sulfone groups is 1. The van der Waals surface area contributed by atoms with Crippen LogP contribution < -0.4 is 11.1 Å². The lowest BCUT2D eigenvalue weighted by atomic mass is 9.84. The van der Waals surface area contributed by atoms with Crippen LogP contribution in [0, 0.1) is 5.92 Å². The molecule has 0 radical (unpaired) electrons. The van der Waals surface area contributed by atoms with Gasteiger partial charge in [0.05, 0.1) is 10.6 Å². The molecule has 1 saturated carbocycles. The Morgan fingerprint density at radius 3 is 2.45 bits per heavy atom. The molecule has 1 fully saturated rings. The van der Waals surface area contributed by atoms with Crippen molar-refractivity contribution >= 4 is 15.5 Å². The van der Waals surface area contributed by atoms with Crippen LogP contribution in [0.5, 0.6) is 0 Å². The zero-order valence-electron chi connectivity index (χ0n) is 12.0. The van der Waals surface area contributed by atoms with Gasteiger partial charge in [-0.05, 0) is 49.6 Å². The molecule has 0 saturated heterocycles. The average molecular weight is 296 g/mol. The molecule has 2 atom stereocenters. The Bertz CT molecular complexity index is 525. The molecular weight excluding hydrogens is 272 g/mol. The van der Waals surface area contributed by atoms with E-state index in [1.165, 1.54) is 19.3 Å². The molecule has 1 aliphatic rings. The SMILES string of the molecule is CCS(=O)(=O)c1ccc(NC2CCCCC2CN)cc1. The van der Waals surface area contributed by atoms with Crippen LogP contribution in [0.15, 0.2) is 29.2 Å². The minimum absolute atomic E-state index is 0.137. The Morgan fingerprint density at radius 2 is 1.85 bits per heavy atom. The maximum atomic E-state index is 11.8. The number of anilines is 1. The van der Waals surface area contributed by atoms with E-state index in [9.17, 15) is 8.42 Å². The summed E-state index contributed by atoms with van der Waals surface area (Å²) in [5.41, 5.74) is 6.80. The van der Waals surface area contributed by atoms with Gasteiger partial charge in [-0.2, -0.15) is 0 Å². The first-order chi connectivity index (χ1) is 9.56. The first-order valence-electron chi connectivity index (χ1n) is 7.36. The molecular formula is C15H24N2O2S. The van der Waals surface area contributed by atoms with Gasteiger partial charge in [-0.1, -0.05) is 19.8 Å². The molecule has 0 heterocycles. The summed E-state index contributed by atoms with van der Waals surface area (Å²) < 4.78 is 23.5. The van der Waals surface area contributed by atoms with Crippen molar-refractivity contribution in [2.75, 3.05) is 17.6 Å². The second-order valence-electron chi connectivity index (χ2n) is 5.46. The lowest BCUT2D eigenvalue weighted by Gasteiger charge is -2.32. The van der Waals surface area contributed by atoms with Crippen molar-refractivity contribution in [1.82, 2.24) is 0 Å². The molecule has 1 aliphatic carbocycles. The van der Waals surface area contributed by atoms with Crippen LogP contribution in [0.1, 0.15) is 32.6 Å². The molecule has 4 nitrogen and oxygen atoms in total. The maximum Gasteiger partial charge on any atom is 0.178 e. The van der Waals surface area contributed by atoms with Crippen LogP contribution in [-0.2, 0) is 9.84 Å². The van der Waals surface area contributed by atoms with Gasteiger partial charge in [-0.3, -0.25) is 0 Å². The quantitative estimate of drug-likeness (QED) is 0.875. The van der Waals surface area contributed by atoms with Crippen molar-refractivity contribution in [3.63, 3.8) is 0 Å². The summed E-state index contributed by atoms with van der Waals surface area (Å²) in [6.45, 7) is 2.37. The highest BCUT2D eigenvalue weighted by Gasteiger charge is 2.23. The number of rotatable bonds is 5. The predicted molar refractivity (Wildman–Crippen MR) is 82.6 cm³/mol. The van der Waals surface area contributed by atoms with Gasteiger partial charge in [0.15, 0.2) is 9.84 Å². The molecule has 3 N–H and O–H groups in total. The third-order valence-corrected chi connectivity index (χ3v) is 5.91. The molecule has 1 aromatic carbocycles. The Morgan fingerprint density at radius 1 is 1.20 bits per heavy atom. The van der Waals surface area contributed by atoms with E-state index in [-0.39, 0.29) is 5.75 Å². The molecule has 0 bridgehead atoms. The molecule has 5 heteroatoms. The van der Waals surface area contributed by atoms with Crippen molar-refractivity contribution < 1.29 is 8.42 Å². The van der Waals surface area contributed by atoms with E-state index in [0.717, 1.165) is 12.1 Å². The fraction of sp³-hybridized carbons (Fsp3) is 0.600. The van der Waals surface area contributed by atoms with Crippen LogP contribution in [0.3, 0.4) is 0 Å². The van der Waals surface area contributed by atoms with E-state index in [1.807, 2.05) is 12.1 Å². The summed E-state index contributed by atoms with van der Waals surface area (Å²) >= 11 is 0. The fourth-order valence-corrected chi connectivity index (χ4v) is 3.70. The van der Waals surface area contributed by atoms with E-state index in [2.05, 4.69) is 5.32 Å². The van der Waals surface area contributed by atoms with Gasteiger partial charge in [0.2, 0.25) is 0 Å². The van der Waals surface area contributed by atoms with Crippen molar-refractivity contribution in [2.45, 2.75) is 43.5 Å². The normalized spacial score (nSPS) is 23.5. The second kappa shape index (κ2) is 6.59. The summed E-state index contributed by atoms with van der Waals surface area (Å²) in [5, 5.41) is 3.50. The fourth-order valence-electron chi connectivity index (χ4n) is 2.82. The Kier molecular flexibility index (Phi) is 5.05. The van der Waals surface area contributed by atoms with Crippen LogP contribution in [-0.4, -0.2) is 26.8 Å². The molecule has 0 aromatic heterocycles. The van der Waals surface area contributed by atoms with E-state index in [4.69, 9.17) is 5.73 Å². The Balaban J connectivity index is 2.07. The summed E-state index contributed by atoms with van der Waals surface area (Å²) in [7, 11) is -3.11. The minimum atomic E-state index is -3.11. The van der Waals surface area contributed by atoms with E-state index in [1.54, 1.807) is 19.1 Å². The Labute approximate surface area is 121 Å². The summed E-state index contributed by atoms with van der Waals surface area (Å²) in [5.74, 6) is 0.653. The van der Waals surface area contributed by atoms with Gasteiger partial charge in [-0.15, -0.1) is 0 Å². The third kappa shape index (κ3) is 3.52. The Hall–Kier alpha value is -1.07. The third-order valence-electron chi connectivity index (χ3n) is 4.16. The largest absolute Gasteiger partial charge is 0.382 e. The molecule has 2 unspecified atom stereocenters. The number of hydrogen-bond donors (Lipinski definition) is 2. The maximum absolute atomic E-state index is 11.8. The number of nitrogens with one attached hydrogen (secondary N) is 1. The topological polar surface area (TPSA) is 72.2 Å². The summed E-state index contributed by atoms with van der Waals surface area (Å²) in [4.78, 5) is 0.393. The van der Waals surface area contributed by atoms with Crippen LogP contribution in [0.2, 0.25) is 0 Å². The van der Waals surface area contributed by atoms with Crippen molar-refractivity contribution in [2.24, 2.45) is 11.7 Å². The second-order valence-corrected chi connectivity index (χ2v) is 7.74. The van der Waals surface area contributed by atoms with Gasteiger partial charge in [-0.25, -0.2) is 8.42 Å². The number of nitrogens with two attached hydrogens (primary N) is 1. The van der Waals surface area contributed by atoms with Gasteiger partial charge < -0.3 is 11.1 Å². The number of benzene rings is 1. The van der Waals surface area contributed by atoms with E-state index in [0.29, 0.717) is 23.4 Å². The standard InChI is InChI=1S/C15H24N2O2S/c1-2-20(18,19)14-9-7-13(8-10-14)17-15-6-4-3-5-12(15)11-16/h7-10,12,15,17H,2-6,11,16H2,1H3. The van der Waals surface area contributed by atoms with Crippen LogP contribution in [0.4, 0.5) is 5.69 Å². The van der Waals surface area contributed by atoms with Crippen LogP contribution >= 0.6 is 0 Å². The highest BCUT2D eigenvalue weighted by Crippen LogP contribution is 2.27. The molecule has 2 rings (SSSR count). The summed E-state index contributed by atoms with van der Waals surface area (Å²) in [6, 6.07) is 7.47. The average Bonchev–Trinajstić information content (AvgIpc) is 2.48. The zero-order chi connectivity index (χ0) is 14.6. The predicted octanol–water partition coefficient (Wildman–Crippen LogP) is 2.41. The van der Waals surface area contributed by atoms with Gasteiger partial charge in [0, 0.05) is 11.7 Å². The van der Waals surface area contributed by atoms with E-state index >= 15 is 0 Å². The van der Waals surface area contributed by atoms with Gasteiger partial charge in [0.25, 0.3) is 0 Å². The molecule has 20 heavy (non-hydrogen) atoms. The van der Waals surface area contributed by atoms with Gasteiger partial charge in [0.1, 0.15) is 0 Å². The zero-order valence-corrected chi connectivity index (χ0v) is 12.8. The lowest BCUT2D eigenvalue weighted by Crippen LogP contribution is -2.36. The van der Waals surface area contributed by atoms with Crippen LogP contribution in [0.25, 0.3) is 0 Å². The van der Waals surface area contributed by atoms with Crippen molar-refractivity contribution in [3.05, 3.63) is 24.3 Å². The number of hydrogen-bond acceptors (Lipinski definition) is 4. The van der Waals surface area contributed by atoms with Gasteiger partial charge >= 0.3 is 0 Å². The summed E-state index contributed by atoms with van der Waals surface area (Å²) in [6.07, 6.45) is 4.80. The van der Waals surface area contributed by atoms with E-state index < -0.39 is 9.84 Å². The monoisotopic (exact) mass is 296 g/mol. The smallest absolute Gasteiger partial charge is 0.178 e.